The molecule has 0 saturated heterocycles. The van der Waals surface area contributed by atoms with E-state index in [1.807, 2.05) is 0 Å². The van der Waals surface area contributed by atoms with Gasteiger partial charge in [0.25, 0.3) is 0 Å². The van der Waals surface area contributed by atoms with Gasteiger partial charge < -0.3 is 0 Å². The van der Waals surface area contributed by atoms with Crippen molar-refractivity contribution in [2.75, 3.05) is 0 Å². The Morgan fingerprint density at radius 1 is 1.36 bits per heavy atom. The SMILES string of the molecule is Cc1cccc(C2(C)CC2)n1. The summed E-state index contributed by atoms with van der Waals surface area (Å²) < 4.78 is 0. The Bertz CT molecular complexity index is 274. The second kappa shape index (κ2) is 2.07. The maximum absolute atomic E-state index is 4.51. The molecule has 1 aliphatic carbocycles. The van der Waals surface area contributed by atoms with Crippen molar-refractivity contribution >= 4 is 0 Å². The maximum atomic E-state index is 4.51. The molecule has 1 fully saturated rings. The number of nitrogens with zero attached hydrogens (tertiary/aromatic N) is 1. The first-order chi connectivity index (χ1) is 5.21. The molecule has 1 aliphatic rings. The van der Waals surface area contributed by atoms with Crippen molar-refractivity contribution < 1.29 is 0 Å². The molecule has 1 aromatic heterocycles. The first kappa shape index (κ1) is 6.84. The highest BCUT2D eigenvalue weighted by Crippen LogP contribution is 2.46. The first-order valence-electron chi connectivity index (χ1n) is 4.15. The van der Waals surface area contributed by atoms with E-state index in [1.165, 1.54) is 18.5 Å². The average molecular weight is 147 g/mol. The highest BCUT2D eigenvalue weighted by molar-refractivity contribution is 5.24. The molecular weight excluding hydrogens is 134 g/mol. The van der Waals surface area contributed by atoms with Crippen LogP contribution in [0.25, 0.3) is 0 Å². The van der Waals surface area contributed by atoms with Gasteiger partial charge in [0.2, 0.25) is 0 Å². The Hall–Kier alpha value is -0.850. The normalized spacial score (nSPS) is 19.8. The highest BCUT2D eigenvalue weighted by atomic mass is 14.7. The molecule has 11 heavy (non-hydrogen) atoms. The summed E-state index contributed by atoms with van der Waals surface area (Å²) in [5.41, 5.74) is 2.83. The van der Waals surface area contributed by atoms with Gasteiger partial charge in [-0.25, -0.2) is 0 Å². The molecular formula is C10H13N. The predicted molar refractivity (Wildman–Crippen MR) is 45.6 cm³/mol. The minimum atomic E-state index is 0.423. The van der Waals surface area contributed by atoms with Crippen molar-refractivity contribution in [2.45, 2.75) is 32.1 Å². The number of aromatic nitrogens is 1. The van der Waals surface area contributed by atoms with Crippen LogP contribution in [0.1, 0.15) is 31.2 Å². The van der Waals surface area contributed by atoms with Crippen LogP contribution in [0, 0.1) is 6.92 Å². The summed E-state index contributed by atoms with van der Waals surface area (Å²) in [5, 5.41) is 0. The molecule has 58 valence electrons. The smallest absolute Gasteiger partial charge is 0.0465 e. The minimum absolute atomic E-state index is 0.423. The van der Waals surface area contributed by atoms with Crippen molar-refractivity contribution in [3.63, 3.8) is 0 Å². The van der Waals surface area contributed by atoms with Crippen LogP contribution in [0.15, 0.2) is 18.2 Å². The Morgan fingerprint density at radius 2 is 2.09 bits per heavy atom. The lowest BCUT2D eigenvalue weighted by molar-refractivity contribution is 0.745. The molecule has 1 saturated carbocycles. The Kier molecular flexibility index (Phi) is 1.28. The molecule has 0 bridgehead atoms. The van der Waals surface area contributed by atoms with Crippen LogP contribution in [0.3, 0.4) is 0 Å². The van der Waals surface area contributed by atoms with Crippen LogP contribution >= 0.6 is 0 Å². The van der Waals surface area contributed by atoms with E-state index in [1.54, 1.807) is 0 Å². The number of hydrogen-bond donors (Lipinski definition) is 0. The molecule has 0 atom stereocenters. The van der Waals surface area contributed by atoms with Gasteiger partial charge in [0.05, 0.1) is 0 Å². The van der Waals surface area contributed by atoms with Crippen molar-refractivity contribution in [3.05, 3.63) is 29.6 Å². The molecule has 0 radical (unpaired) electrons. The summed E-state index contributed by atoms with van der Waals surface area (Å²) in [6.45, 7) is 4.34. The van der Waals surface area contributed by atoms with Crippen LogP contribution in [-0.2, 0) is 5.41 Å². The second-order valence-corrected chi connectivity index (χ2v) is 3.72. The van der Waals surface area contributed by atoms with Crippen molar-refractivity contribution in [2.24, 2.45) is 0 Å². The monoisotopic (exact) mass is 147 g/mol. The lowest BCUT2D eigenvalue weighted by Gasteiger charge is -2.06. The van der Waals surface area contributed by atoms with E-state index in [2.05, 4.69) is 37.0 Å². The molecule has 1 heteroatoms. The number of pyridine rings is 1. The third-order valence-electron chi connectivity index (χ3n) is 2.51. The maximum Gasteiger partial charge on any atom is 0.0465 e. The molecule has 0 N–H and O–H groups in total. The molecule has 0 spiro atoms. The molecule has 0 unspecified atom stereocenters. The van der Waals surface area contributed by atoms with Crippen LogP contribution in [0.2, 0.25) is 0 Å². The zero-order valence-electron chi connectivity index (χ0n) is 7.09. The highest BCUT2D eigenvalue weighted by Gasteiger charge is 2.40. The molecule has 1 heterocycles. The Labute approximate surface area is 67.5 Å². The topological polar surface area (TPSA) is 12.9 Å². The summed E-state index contributed by atoms with van der Waals surface area (Å²) in [7, 11) is 0. The van der Waals surface area contributed by atoms with E-state index in [4.69, 9.17) is 0 Å². The average Bonchev–Trinajstić information content (AvgIpc) is 2.70. The van der Waals surface area contributed by atoms with E-state index in [-0.39, 0.29) is 0 Å². The first-order valence-corrected chi connectivity index (χ1v) is 4.15. The van der Waals surface area contributed by atoms with Crippen LogP contribution in [0.4, 0.5) is 0 Å². The second-order valence-electron chi connectivity index (χ2n) is 3.72. The lowest BCUT2D eigenvalue weighted by atomic mass is 10.0. The third-order valence-corrected chi connectivity index (χ3v) is 2.51. The van der Waals surface area contributed by atoms with Crippen LogP contribution in [0.5, 0.6) is 0 Å². The molecule has 0 amide bonds. The van der Waals surface area contributed by atoms with Crippen LogP contribution in [-0.4, -0.2) is 4.98 Å². The van der Waals surface area contributed by atoms with Gasteiger partial charge in [-0.15, -0.1) is 0 Å². The fourth-order valence-corrected chi connectivity index (χ4v) is 1.32. The standard InChI is InChI=1S/C10H13N/c1-8-4-3-5-9(11-8)10(2)6-7-10/h3-5H,6-7H2,1-2H3. The zero-order valence-corrected chi connectivity index (χ0v) is 7.09. The predicted octanol–water partition coefficient (Wildman–Crippen LogP) is 2.44. The summed E-state index contributed by atoms with van der Waals surface area (Å²) in [5.74, 6) is 0. The number of rotatable bonds is 1. The van der Waals surface area contributed by atoms with Crippen LogP contribution < -0.4 is 0 Å². The fraction of sp³-hybridized carbons (Fsp3) is 0.500. The van der Waals surface area contributed by atoms with Gasteiger partial charge in [0, 0.05) is 16.8 Å². The number of aryl methyl sites for hydroxylation is 1. The largest absolute Gasteiger partial charge is 0.258 e. The van der Waals surface area contributed by atoms with Crippen molar-refractivity contribution in [1.82, 2.24) is 4.98 Å². The van der Waals surface area contributed by atoms with E-state index >= 15 is 0 Å². The summed E-state index contributed by atoms with van der Waals surface area (Å²) >= 11 is 0. The summed E-state index contributed by atoms with van der Waals surface area (Å²) in [6.07, 6.45) is 2.62. The molecule has 0 aliphatic heterocycles. The molecule has 1 nitrogen and oxygen atoms in total. The van der Waals surface area contributed by atoms with Crippen molar-refractivity contribution in [3.8, 4) is 0 Å². The molecule has 2 rings (SSSR count). The third kappa shape index (κ3) is 1.15. The van der Waals surface area contributed by atoms with E-state index in [9.17, 15) is 0 Å². The van der Waals surface area contributed by atoms with E-state index in [0.29, 0.717) is 5.41 Å². The van der Waals surface area contributed by atoms with Gasteiger partial charge in [-0.3, -0.25) is 4.98 Å². The van der Waals surface area contributed by atoms with E-state index < -0.39 is 0 Å². The zero-order chi connectivity index (χ0) is 7.90. The van der Waals surface area contributed by atoms with E-state index in [0.717, 1.165) is 5.69 Å². The summed E-state index contributed by atoms with van der Waals surface area (Å²) in [4.78, 5) is 4.51. The quantitative estimate of drug-likeness (QED) is 0.594. The summed E-state index contributed by atoms with van der Waals surface area (Å²) in [6, 6.07) is 6.29. The minimum Gasteiger partial charge on any atom is -0.258 e. The Balaban J connectivity index is 2.38. The van der Waals surface area contributed by atoms with Gasteiger partial charge in [-0.2, -0.15) is 0 Å². The van der Waals surface area contributed by atoms with Crippen molar-refractivity contribution in [1.29, 1.82) is 0 Å². The van der Waals surface area contributed by atoms with Gasteiger partial charge >= 0.3 is 0 Å². The fourth-order valence-electron chi connectivity index (χ4n) is 1.32. The molecule has 0 aromatic carbocycles. The van der Waals surface area contributed by atoms with Gasteiger partial charge in [0.15, 0.2) is 0 Å². The lowest BCUT2D eigenvalue weighted by Crippen LogP contribution is -2.03. The molecule has 1 aromatic rings. The Morgan fingerprint density at radius 3 is 2.64 bits per heavy atom. The van der Waals surface area contributed by atoms with Gasteiger partial charge in [-0.1, -0.05) is 13.0 Å². The number of hydrogen-bond acceptors (Lipinski definition) is 1. The van der Waals surface area contributed by atoms with Gasteiger partial charge in [-0.05, 0) is 31.9 Å². The van der Waals surface area contributed by atoms with Gasteiger partial charge in [0.1, 0.15) is 0 Å².